The summed E-state index contributed by atoms with van der Waals surface area (Å²) in [6.45, 7) is 1.93. The molecular formula is C12H15N7O2. The highest BCUT2D eigenvalue weighted by atomic mass is 16.2. The summed E-state index contributed by atoms with van der Waals surface area (Å²) in [6, 6.07) is -0.469. The number of aromatic nitrogens is 3. The van der Waals surface area contributed by atoms with Gasteiger partial charge in [0.25, 0.3) is 0 Å². The van der Waals surface area contributed by atoms with Gasteiger partial charge < -0.3 is 14.7 Å². The molecule has 0 saturated carbocycles. The molecule has 1 atom stereocenters. The molecule has 0 spiro atoms. The molecule has 110 valence electrons. The van der Waals surface area contributed by atoms with Crippen LogP contribution in [0.1, 0.15) is 13.3 Å². The molecule has 4 N–H and O–H groups in total. The molecule has 1 aliphatic rings. The number of hydrazine groups is 1. The number of nitrogens with one attached hydrogen (secondary N) is 2. The molecule has 0 bridgehead atoms. The van der Waals surface area contributed by atoms with Crippen molar-refractivity contribution < 1.29 is 9.59 Å². The minimum Gasteiger partial charge on any atom is -0.332 e. The maximum Gasteiger partial charge on any atom is 0.249 e. The van der Waals surface area contributed by atoms with Crippen LogP contribution in [0.2, 0.25) is 0 Å². The first-order valence-electron chi connectivity index (χ1n) is 6.54. The second kappa shape index (κ2) is 5.02. The van der Waals surface area contributed by atoms with Gasteiger partial charge in [-0.1, -0.05) is 6.92 Å². The number of rotatable bonds is 3. The lowest BCUT2D eigenvalue weighted by Crippen LogP contribution is -2.58. The van der Waals surface area contributed by atoms with Crippen LogP contribution >= 0.6 is 0 Å². The average molecular weight is 289 g/mol. The van der Waals surface area contributed by atoms with Crippen molar-refractivity contribution in [1.82, 2.24) is 19.7 Å². The lowest BCUT2D eigenvalue weighted by Gasteiger charge is -2.34. The zero-order valence-electron chi connectivity index (χ0n) is 11.4. The van der Waals surface area contributed by atoms with Gasteiger partial charge in [0.05, 0.1) is 12.7 Å². The molecule has 9 nitrogen and oxygen atoms in total. The minimum atomic E-state index is -0.469. The molecule has 21 heavy (non-hydrogen) atoms. The number of nitrogen functional groups attached to an aromatic ring is 1. The molecule has 2 aromatic heterocycles. The minimum absolute atomic E-state index is 0.0494. The van der Waals surface area contributed by atoms with E-state index in [4.69, 9.17) is 5.84 Å². The molecular weight excluding hydrogens is 274 g/mol. The van der Waals surface area contributed by atoms with E-state index < -0.39 is 6.04 Å². The van der Waals surface area contributed by atoms with E-state index in [0.717, 1.165) is 0 Å². The monoisotopic (exact) mass is 289 g/mol. The van der Waals surface area contributed by atoms with Crippen molar-refractivity contribution in [3.05, 3.63) is 18.6 Å². The van der Waals surface area contributed by atoms with Gasteiger partial charge in [-0.05, 0) is 6.42 Å². The van der Waals surface area contributed by atoms with E-state index in [1.807, 2.05) is 6.92 Å². The third-order valence-electron chi connectivity index (χ3n) is 3.42. The fourth-order valence-electron chi connectivity index (χ4n) is 2.47. The number of imide groups is 1. The quantitative estimate of drug-likeness (QED) is 0.387. The summed E-state index contributed by atoms with van der Waals surface area (Å²) in [6.07, 6.45) is 5.59. The summed E-state index contributed by atoms with van der Waals surface area (Å²) < 4.78 is 1.74. The first-order valence-corrected chi connectivity index (χ1v) is 6.54. The van der Waals surface area contributed by atoms with Gasteiger partial charge in [-0.3, -0.25) is 14.9 Å². The van der Waals surface area contributed by atoms with Crippen LogP contribution in [0.3, 0.4) is 0 Å². The van der Waals surface area contributed by atoms with Crippen LogP contribution in [0.4, 0.5) is 11.6 Å². The van der Waals surface area contributed by atoms with Crippen molar-refractivity contribution in [1.29, 1.82) is 0 Å². The van der Waals surface area contributed by atoms with Crippen molar-refractivity contribution in [2.45, 2.75) is 19.4 Å². The van der Waals surface area contributed by atoms with Gasteiger partial charge in [0.15, 0.2) is 17.3 Å². The van der Waals surface area contributed by atoms with Crippen molar-refractivity contribution in [3.63, 3.8) is 0 Å². The van der Waals surface area contributed by atoms with Gasteiger partial charge in [0.2, 0.25) is 11.8 Å². The number of amides is 2. The number of anilines is 2. The first-order chi connectivity index (χ1) is 10.1. The van der Waals surface area contributed by atoms with E-state index in [-0.39, 0.29) is 18.4 Å². The van der Waals surface area contributed by atoms with Crippen LogP contribution in [0, 0.1) is 0 Å². The van der Waals surface area contributed by atoms with Crippen molar-refractivity contribution in [2.75, 3.05) is 16.9 Å². The number of piperazine rings is 1. The molecule has 3 heterocycles. The second-order valence-electron chi connectivity index (χ2n) is 4.72. The van der Waals surface area contributed by atoms with E-state index in [1.165, 1.54) is 0 Å². The number of hydrogen-bond donors (Lipinski definition) is 3. The van der Waals surface area contributed by atoms with Crippen LogP contribution in [0.5, 0.6) is 0 Å². The van der Waals surface area contributed by atoms with Crippen molar-refractivity contribution in [3.8, 4) is 0 Å². The standard InChI is InChI=1S/C12H15N7O2/c1-2-7-12(21)16-9(20)6-19(7)11-10-14-3-4-18(10)5-8(15-11)17-13/h3-5,7,17H,2,6,13H2,1H3,(H,16,20,21). The van der Waals surface area contributed by atoms with Crippen molar-refractivity contribution in [2.24, 2.45) is 5.84 Å². The summed E-state index contributed by atoms with van der Waals surface area (Å²) in [5, 5.41) is 2.34. The smallest absolute Gasteiger partial charge is 0.249 e. The summed E-state index contributed by atoms with van der Waals surface area (Å²) in [4.78, 5) is 33.9. The first kappa shape index (κ1) is 13.3. The van der Waals surface area contributed by atoms with E-state index >= 15 is 0 Å². The van der Waals surface area contributed by atoms with Crippen LogP contribution in [0.15, 0.2) is 18.6 Å². The normalized spacial score (nSPS) is 19.0. The van der Waals surface area contributed by atoms with Gasteiger partial charge in [-0.2, -0.15) is 0 Å². The van der Waals surface area contributed by atoms with Crippen LogP contribution in [-0.2, 0) is 9.59 Å². The molecule has 1 fully saturated rings. The van der Waals surface area contributed by atoms with Crippen LogP contribution < -0.4 is 21.5 Å². The van der Waals surface area contributed by atoms with E-state index in [1.54, 1.807) is 27.9 Å². The largest absolute Gasteiger partial charge is 0.332 e. The topological polar surface area (TPSA) is 118 Å². The summed E-state index contributed by atoms with van der Waals surface area (Å²) in [5.74, 6) is 5.60. The Kier molecular flexibility index (Phi) is 3.18. The number of fused-ring (bicyclic) bond motifs is 1. The zero-order valence-corrected chi connectivity index (χ0v) is 11.4. The molecule has 3 rings (SSSR count). The second-order valence-corrected chi connectivity index (χ2v) is 4.72. The summed E-state index contributed by atoms with van der Waals surface area (Å²) >= 11 is 0. The third kappa shape index (κ3) is 2.17. The molecule has 1 aliphatic heterocycles. The predicted octanol–water partition coefficient (Wildman–Crippen LogP) is -0.744. The van der Waals surface area contributed by atoms with Crippen molar-refractivity contribution >= 4 is 29.1 Å². The summed E-state index contributed by atoms with van der Waals surface area (Å²) in [7, 11) is 0. The van der Waals surface area contributed by atoms with E-state index in [0.29, 0.717) is 23.7 Å². The number of imidazole rings is 1. The Labute approximate surface area is 120 Å². The molecule has 1 unspecified atom stereocenters. The Bertz CT molecular complexity index is 711. The fourth-order valence-corrected chi connectivity index (χ4v) is 2.47. The average Bonchev–Trinajstić information content (AvgIpc) is 2.93. The molecule has 1 saturated heterocycles. The SMILES string of the molecule is CCC1C(=O)NC(=O)CN1c1nc(NN)cn2ccnc12. The Morgan fingerprint density at radius 3 is 3.05 bits per heavy atom. The highest BCUT2D eigenvalue weighted by Gasteiger charge is 2.34. The fraction of sp³-hybridized carbons (Fsp3) is 0.333. The number of nitrogens with two attached hydrogens (primary N) is 1. The maximum atomic E-state index is 12.0. The van der Waals surface area contributed by atoms with Gasteiger partial charge in [-0.25, -0.2) is 15.8 Å². The highest BCUT2D eigenvalue weighted by Crippen LogP contribution is 2.24. The number of carbonyl (C=O) groups excluding carboxylic acids is 2. The Balaban J connectivity index is 2.14. The van der Waals surface area contributed by atoms with Gasteiger partial charge in [-0.15, -0.1) is 0 Å². The van der Waals surface area contributed by atoms with Gasteiger partial charge in [0, 0.05) is 12.4 Å². The third-order valence-corrected chi connectivity index (χ3v) is 3.42. The number of hydrogen-bond acceptors (Lipinski definition) is 7. The van der Waals surface area contributed by atoms with E-state index in [2.05, 4.69) is 20.7 Å². The number of carbonyl (C=O) groups is 2. The zero-order chi connectivity index (χ0) is 15.0. The number of nitrogens with zero attached hydrogens (tertiary/aromatic N) is 4. The van der Waals surface area contributed by atoms with Crippen LogP contribution in [0.25, 0.3) is 5.65 Å². The molecule has 2 amide bonds. The maximum absolute atomic E-state index is 12.0. The molecule has 2 aromatic rings. The molecule has 0 radical (unpaired) electrons. The van der Waals surface area contributed by atoms with E-state index in [9.17, 15) is 9.59 Å². The molecule has 0 aromatic carbocycles. The Morgan fingerprint density at radius 2 is 2.33 bits per heavy atom. The lowest BCUT2D eigenvalue weighted by atomic mass is 10.1. The lowest BCUT2D eigenvalue weighted by molar-refractivity contribution is -0.132. The van der Waals surface area contributed by atoms with Gasteiger partial charge in [0.1, 0.15) is 6.04 Å². The summed E-state index contributed by atoms with van der Waals surface area (Å²) in [5.41, 5.74) is 3.04. The van der Waals surface area contributed by atoms with Crippen LogP contribution in [-0.4, -0.2) is 38.8 Å². The highest BCUT2D eigenvalue weighted by molar-refractivity contribution is 6.05. The van der Waals surface area contributed by atoms with Gasteiger partial charge >= 0.3 is 0 Å². The Morgan fingerprint density at radius 1 is 1.52 bits per heavy atom. The molecule has 0 aliphatic carbocycles. The predicted molar refractivity (Wildman–Crippen MR) is 75.4 cm³/mol. The Hall–Kier alpha value is -2.68. The molecule has 9 heteroatoms.